The molecule has 1 amide bonds. The van der Waals surface area contributed by atoms with Crippen molar-refractivity contribution >= 4 is 33.3 Å². The number of ether oxygens (including phenoxy) is 1. The predicted octanol–water partition coefficient (Wildman–Crippen LogP) is 4.78. The lowest BCUT2D eigenvalue weighted by atomic mass is 10.2. The molecule has 1 aromatic heterocycles. The fourth-order valence-electron chi connectivity index (χ4n) is 2.26. The first kappa shape index (κ1) is 17.0. The van der Waals surface area contributed by atoms with Gasteiger partial charge in [0.25, 0.3) is 5.91 Å². The van der Waals surface area contributed by atoms with Crippen molar-refractivity contribution in [3.8, 4) is 11.5 Å². The fraction of sp³-hybridized carbons (Fsp3) is 0.0526. The third-order valence-electron chi connectivity index (χ3n) is 3.46. The van der Waals surface area contributed by atoms with E-state index < -0.39 is 0 Å². The Labute approximate surface area is 154 Å². The molecule has 0 aliphatic heterocycles. The molecule has 0 atom stereocenters. The highest BCUT2D eigenvalue weighted by atomic mass is 79.9. The maximum Gasteiger partial charge on any atom is 0.259 e. The van der Waals surface area contributed by atoms with E-state index in [1.807, 2.05) is 37.3 Å². The van der Waals surface area contributed by atoms with Crippen molar-refractivity contribution in [2.24, 2.45) is 0 Å². The second kappa shape index (κ2) is 7.36. The number of pyridine rings is 1. The number of carbonyl (C=O) groups excluding carboxylic acids is 1. The van der Waals surface area contributed by atoms with Gasteiger partial charge in [-0.1, -0.05) is 18.2 Å². The van der Waals surface area contributed by atoms with Crippen LogP contribution in [0.5, 0.6) is 11.5 Å². The Morgan fingerprint density at radius 1 is 1.12 bits per heavy atom. The maximum absolute atomic E-state index is 12.4. The summed E-state index contributed by atoms with van der Waals surface area (Å²) in [5.41, 5.74) is 7.53. The second-order valence-corrected chi connectivity index (χ2v) is 6.25. The van der Waals surface area contributed by atoms with Gasteiger partial charge in [0.15, 0.2) is 0 Å². The van der Waals surface area contributed by atoms with Gasteiger partial charge in [0.1, 0.15) is 17.3 Å². The highest BCUT2D eigenvalue weighted by Crippen LogP contribution is 2.30. The van der Waals surface area contributed by atoms with E-state index in [2.05, 4.69) is 26.2 Å². The number of benzene rings is 2. The van der Waals surface area contributed by atoms with Crippen molar-refractivity contribution in [1.29, 1.82) is 0 Å². The Balaban J connectivity index is 1.77. The summed E-state index contributed by atoms with van der Waals surface area (Å²) in [5.74, 6) is 1.19. The number of hydrogen-bond acceptors (Lipinski definition) is 4. The number of anilines is 2. The van der Waals surface area contributed by atoms with E-state index in [-0.39, 0.29) is 11.7 Å². The Morgan fingerprint density at radius 3 is 2.68 bits per heavy atom. The van der Waals surface area contributed by atoms with Crippen LogP contribution in [0.3, 0.4) is 0 Å². The summed E-state index contributed by atoms with van der Waals surface area (Å²) in [4.78, 5) is 16.5. The molecule has 1 heterocycles. The number of halogens is 1. The van der Waals surface area contributed by atoms with Gasteiger partial charge >= 0.3 is 0 Å². The van der Waals surface area contributed by atoms with Crippen LogP contribution in [0.1, 0.15) is 16.1 Å². The average Bonchev–Trinajstić information content (AvgIpc) is 2.57. The van der Waals surface area contributed by atoms with E-state index >= 15 is 0 Å². The lowest BCUT2D eigenvalue weighted by Crippen LogP contribution is -2.15. The summed E-state index contributed by atoms with van der Waals surface area (Å²) in [7, 11) is 0. The zero-order chi connectivity index (χ0) is 17.8. The molecule has 3 aromatic rings. The van der Waals surface area contributed by atoms with Crippen molar-refractivity contribution in [1.82, 2.24) is 4.98 Å². The normalized spacial score (nSPS) is 10.3. The zero-order valence-electron chi connectivity index (χ0n) is 13.5. The fourth-order valence-corrected chi connectivity index (χ4v) is 2.62. The monoisotopic (exact) mass is 397 g/mol. The minimum Gasteiger partial charge on any atom is -0.456 e. The molecule has 3 N–H and O–H groups in total. The number of amides is 1. The van der Waals surface area contributed by atoms with Gasteiger partial charge < -0.3 is 15.8 Å². The molecule has 25 heavy (non-hydrogen) atoms. The molecular formula is C19H16BrN3O2. The van der Waals surface area contributed by atoms with Crippen LogP contribution in [0.2, 0.25) is 0 Å². The minimum atomic E-state index is -0.317. The van der Waals surface area contributed by atoms with Crippen LogP contribution in [-0.2, 0) is 0 Å². The lowest BCUT2D eigenvalue weighted by molar-refractivity contribution is 0.102. The average molecular weight is 398 g/mol. The molecule has 126 valence electrons. The number of aromatic nitrogens is 1. The number of aryl methyl sites for hydroxylation is 1. The molecule has 0 saturated heterocycles. The molecule has 6 heteroatoms. The zero-order valence-corrected chi connectivity index (χ0v) is 15.1. The molecule has 0 aliphatic rings. The van der Waals surface area contributed by atoms with E-state index in [0.717, 1.165) is 10.2 Å². The van der Waals surface area contributed by atoms with E-state index in [1.54, 1.807) is 30.3 Å². The van der Waals surface area contributed by atoms with Crippen molar-refractivity contribution in [3.05, 3.63) is 76.4 Å². The van der Waals surface area contributed by atoms with Crippen LogP contribution in [0.25, 0.3) is 0 Å². The molecule has 3 rings (SSSR count). The Morgan fingerprint density at radius 2 is 1.92 bits per heavy atom. The largest absolute Gasteiger partial charge is 0.456 e. The third-order valence-corrected chi connectivity index (χ3v) is 4.12. The molecule has 0 fully saturated rings. The van der Waals surface area contributed by atoms with Gasteiger partial charge in [0, 0.05) is 17.4 Å². The number of rotatable bonds is 4. The van der Waals surface area contributed by atoms with Crippen molar-refractivity contribution in [3.63, 3.8) is 0 Å². The van der Waals surface area contributed by atoms with E-state index in [4.69, 9.17) is 10.5 Å². The van der Waals surface area contributed by atoms with Crippen molar-refractivity contribution in [2.75, 3.05) is 11.1 Å². The number of nitrogen functional groups attached to an aromatic ring is 1. The van der Waals surface area contributed by atoms with E-state index in [9.17, 15) is 4.79 Å². The third kappa shape index (κ3) is 4.16. The molecule has 2 aromatic carbocycles. The quantitative estimate of drug-likeness (QED) is 0.663. The van der Waals surface area contributed by atoms with Crippen LogP contribution in [0, 0.1) is 6.92 Å². The topological polar surface area (TPSA) is 77.2 Å². The summed E-state index contributed by atoms with van der Waals surface area (Å²) in [6, 6.07) is 18.1. The van der Waals surface area contributed by atoms with Crippen LogP contribution < -0.4 is 15.8 Å². The minimum absolute atomic E-state index is 0.207. The molecule has 0 aliphatic carbocycles. The molecule has 5 nitrogen and oxygen atoms in total. The number of nitrogens with zero attached hydrogens (tertiary/aromatic N) is 1. The van der Waals surface area contributed by atoms with Crippen LogP contribution in [0.15, 0.2) is 65.1 Å². The second-order valence-electron chi connectivity index (χ2n) is 5.40. The Bertz CT molecular complexity index is 928. The lowest BCUT2D eigenvalue weighted by Gasteiger charge is -2.11. The standard InChI is InChI=1S/C19H16BrN3O2/c1-12-9-10-15(18(21)22-12)19(24)23-13-5-4-6-14(11-13)25-17-8-3-2-7-16(17)20/h2-11H,1H3,(H2,21,22)(H,23,24). The van der Waals surface area contributed by atoms with Gasteiger partial charge in [0.2, 0.25) is 0 Å². The summed E-state index contributed by atoms with van der Waals surface area (Å²) >= 11 is 3.44. The first-order valence-corrected chi connectivity index (χ1v) is 8.39. The Kier molecular flexibility index (Phi) is 5.00. The van der Waals surface area contributed by atoms with Gasteiger partial charge in [-0.15, -0.1) is 0 Å². The first-order valence-electron chi connectivity index (χ1n) is 7.60. The van der Waals surface area contributed by atoms with Gasteiger partial charge in [-0.05, 0) is 59.3 Å². The number of para-hydroxylation sites is 1. The van der Waals surface area contributed by atoms with Gasteiger partial charge in [-0.3, -0.25) is 4.79 Å². The van der Waals surface area contributed by atoms with E-state index in [0.29, 0.717) is 22.7 Å². The molecule has 0 spiro atoms. The number of nitrogens with two attached hydrogens (primary N) is 1. The SMILES string of the molecule is Cc1ccc(C(=O)Nc2cccc(Oc3ccccc3Br)c2)c(N)n1. The van der Waals surface area contributed by atoms with E-state index in [1.165, 1.54) is 0 Å². The molecule has 0 bridgehead atoms. The highest BCUT2D eigenvalue weighted by molar-refractivity contribution is 9.10. The van der Waals surface area contributed by atoms with Crippen LogP contribution in [-0.4, -0.2) is 10.9 Å². The number of carbonyl (C=O) groups is 1. The van der Waals surface area contributed by atoms with Crippen LogP contribution >= 0.6 is 15.9 Å². The molecule has 0 radical (unpaired) electrons. The van der Waals surface area contributed by atoms with Crippen molar-refractivity contribution < 1.29 is 9.53 Å². The molecular weight excluding hydrogens is 382 g/mol. The summed E-state index contributed by atoms with van der Waals surface area (Å²) in [6.07, 6.45) is 0. The number of nitrogens with one attached hydrogen (secondary N) is 1. The summed E-state index contributed by atoms with van der Waals surface area (Å²) in [5, 5.41) is 2.81. The highest BCUT2D eigenvalue weighted by Gasteiger charge is 2.12. The molecule has 0 unspecified atom stereocenters. The predicted molar refractivity (Wildman–Crippen MR) is 102 cm³/mol. The summed E-state index contributed by atoms with van der Waals surface area (Å²) in [6.45, 7) is 1.82. The Hall–Kier alpha value is -2.86. The van der Waals surface area contributed by atoms with Gasteiger partial charge in [-0.2, -0.15) is 0 Å². The van der Waals surface area contributed by atoms with Crippen LogP contribution in [0.4, 0.5) is 11.5 Å². The summed E-state index contributed by atoms with van der Waals surface area (Å²) < 4.78 is 6.69. The maximum atomic E-state index is 12.4. The van der Waals surface area contributed by atoms with Gasteiger partial charge in [0.05, 0.1) is 10.0 Å². The number of hydrogen-bond donors (Lipinski definition) is 2. The van der Waals surface area contributed by atoms with Crippen molar-refractivity contribution in [2.45, 2.75) is 6.92 Å². The first-order chi connectivity index (χ1) is 12.0. The smallest absolute Gasteiger partial charge is 0.259 e. The van der Waals surface area contributed by atoms with Gasteiger partial charge in [-0.25, -0.2) is 4.98 Å². The molecule has 0 saturated carbocycles.